The fourth-order valence-electron chi connectivity index (χ4n) is 2.46. The lowest BCUT2D eigenvalue weighted by Gasteiger charge is -2.08. The second kappa shape index (κ2) is 8.92. The van der Waals surface area contributed by atoms with E-state index in [2.05, 4.69) is 29.5 Å². The van der Waals surface area contributed by atoms with Gasteiger partial charge in [-0.3, -0.25) is 14.9 Å². The van der Waals surface area contributed by atoms with Crippen molar-refractivity contribution in [2.45, 2.75) is 32.6 Å². The number of nitrogens with zero attached hydrogens (tertiary/aromatic N) is 1. The van der Waals surface area contributed by atoms with Gasteiger partial charge in [0, 0.05) is 17.5 Å². The third-order valence-corrected chi connectivity index (χ3v) is 5.66. The van der Waals surface area contributed by atoms with Crippen LogP contribution < -0.4 is 10.6 Å². The maximum absolute atomic E-state index is 12.1. The number of thiophene rings is 1. The Labute approximate surface area is 166 Å². The van der Waals surface area contributed by atoms with Gasteiger partial charge in [-0.15, -0.1) is 22.7 Å². The third kappa shape index (κ3) is 5.48. The van der Waals surface area contributed by atoms with Crippen molar-refractivity contribution < 1.29 is 9.59 Å². The van der Waals surface area contributed by atoms with Crippen molar-refractivity contribution in [2.24, 2.45) is 0 Å². The fourth-order valence-corrected chi connectivity index (χ4v) is 3.82. The summed E-state index contributed by atoms with van der Waals surface area (Å²) in [6.07, 6.45) is 0.870. The first-order chi connectivity index (χ1) is 13.0. The summed E-state index contributed by atoms with van der Waals surface area (Å²) >= 11 is 2.75. The molecule has 1 aromatic carbocycles. The third-order valence-electron chi connectivity index (χ3n) is 3.99. The van der Waals surface area contributed by atoms with Crippen molar-refractivity contribution in [1.29, 1.82) is 0 Å². The smallest absolute Gasteiger partial charge is 0.267 e. The van der Waals surface area contributed by atoms with Gasteiger partial charge >= 0.3 is 0 Å². The predicted molar refractivity (Wildman–Crippen MR) is 112 cm³/mol. The van der Waals surface area contributed by atoms with Crippen LogP contribution in [0.2, 0.25) is 0 Å². The largest absolute Gasteiger partial charge is 0.326 e. The van der Waals surface area contributed by atoms with E-state index >= 15 is 0 Å². The van der Waals surface area contributed by atoms with Crippen LogP contribution in [0.25, 0.3) is 0 Å². The first kappa shape index (κ1) is 19.3. The van der Waals surface area contributed by atoms with E-state index < -0.39 is 0 Å². The van der Waals surface area contributed by atoms with Gasteiger partial charge in [-0.25, -0.2) is 4.98 Å². The number of hydrogen-bond donors (Lipinski definition) is 2. The molecule has 3 rings (SSSR count). The molecule has 2 amide bonds. The highest BCUT2D eigenvalue weighted by molar-refractivity contribution is 7.14. The molecule has 0 fully saturated rings. The van der Waals surface area contributed by atoms with E-state index in [0.29, 0.717) is 28.8 Å². The van der Waals surface area contributed by atoms with Gasteiger partial charge in [0.2, 0.25) is 5.91 Å². The summed E-state index contributed by atoms with van der Waals surface area (Å²) in [5, 5.41) is 9.97. The molecule has 2 N–H and O–H groups in total. The normalized spacial score (nSPS) is 10.8. The van der Waals surface area contributed by atoms with Gasteiger partial charge in [0.1, 0.15) is 0 Å². The summed E-state index contributed by atoms with van der Waals surface area (Å²) < 4.78 is 0. The molecule has 0 spiro atoms. The van der Waals surface area contributed by atoms with E-state index in [-0.39, 0.29) is 11.8 Å². The molecule has 0 radical (unpaired) electrons. The zero-order chi connectivity index (χ0) is 19.2. The monoisotopic (exact) mass is 399 g/mol. The summed E-state index contributed by atoms with van der Waals surface area (Å²) in [5.74, 6) is 0.256. The number of anilines is 2. The average molecular weight is 400 g/mol. The molecule has 7 heteroatoms. The lowest BCUT2D eigenvalue weighted by atomic mass is 10.0. The first-order valence-electron chi connectivity index (χ1n) is 8.70. The highest BCUT2D eigenvalue weighted by Gasteiger charge is 2.11. The number of thiazole rings is 1. The molecule has 5 nitrogen and oxygen atoms in total. The molecule has 140 valence electrons. The van der Waals surface area contributed by atoms with Gasteiger partial charge in [0.05, 0.1) is 10.6 Å². The van der Waals surface area contributed by atoms with Crippen LogP contribution in [0, 0.1) is 0 Å². The van der Waals surface area contributed by atoms with Crippen LogP contribution in [0.5, 0.6) is 0 Å². The van der Waals surface area contributed by atoms with Gasteiger partial charge in [0.25, 0.3) is 5.91 Å². The molecule has 0 unspecified atom stereocenters. The lowest BCUT2D eigenvalue weighted by molar-refractivity contribution is -0.116. The Morgan fingerprint density at radius 3 is 2.52 bits per heavy atom. The molecule has 2 heterocycles. The number of nitrogens with one attached hydrogen (secondary N) is 2. The molecule has 27 heavy (non-hydrogen) atoms. The number of aryl methyl sites for hydroxylation is 1. The predicted octanol–water partition coefficient (Wildman–Crippen LogP) is 5.15. The van der Waals surface area contributed by atoms with Crippen LogP contribution in [-0.4, -0.2) is 16.8 Å². The number of amides is 2. The lowest BCUT2D eigenvalue weighted by Crippen LogP contribution is -2.12. The van der Waals surface area contributed by atoms with E-state index in [1.165, 1.54) is 28.2 Å². The van der Waals surface area contributed by atoms with Gasteiger partial charge in [-0.1, -0.05) is 32.0 Å². The number of rotatable bonds is 7. The Kier molecular flexibility index (Phi) is 6.36. The molecule has 0 saturated heterocycles. The second-order valence-corrected chi connectivity index (χ2v) is 8.21. The van der Waals surface area contributed by atoms with Crippen LogP contribution in [0.4, 0.5) is 10.8 Å². The molecule has 0 bridgehead atoms. The highest BCUT2D eigenvalue weighted by atomic mass is 32.1. The Hall–Kier alpha value is -2.51. The Bertz CT molecular complexity index is 900. The minimum atomic E-state index is -0.159. The van der Waals surface area contributed by atoms with Gasteiger partial charge < -0.3 is 5.32 Å². The van der Waals surface area contributed by atoms with Crippen molar-refractivity contribution in [3.8, 4) is 0 Å². The Balaban J connectivity index is 1.47. The molecular weight excluding hydrogens is 378 g/mol. The van der Waals surface area contributed by atoms with E-state index in [0.717, 1.165) is 11.4 Å². The fraction of sp³-hybridized carbons (Fsp3) is 0.250. The van der Waals surface area contributed by atoms with Crippen molar-refractivity contribution >= 4 is 45.3 Å². The van der Waals surface area contributed by atoms with Crippen molar-refractivity contribution in [1.82, 2.24) is 4.98 Å². The molecule has 3 aromatic rings. The average Bonchev–Trinajstić information content (AvgIpc) is 3.32. The maximum atomic E-state index is 12.1. The van der Waals surface area contributed by atoms with Crippen LogP contribution in [0.3, 0.4) is 0 Å². The Morgan fingerprint density at radius 1 is 1.07 bits per heavy atom. The van der Waals surface area contributed by atoms with E-state index in [4.69, 9.17) is 0 Å². The van der Waals surface area contributed by atoms with Crippen LogP contribution >= 0.6 is 22.7 Å². The topological polar surface area (TPSA) is 71.1 Å². The van der Waals surface area contributed by atoms with Crippen LogP contribution in [0.15, 0.2) is 47.2 Å². The van der Waals surface area contributed by atoms with Crippen molar-refractivity contribution in [3.05, 3.63) is 63.3 Å². The summed E-state index contributed by atoms with van der Waals surface area (Å²) in [5.41, 5.74) is 2.84. The molecule has 0 atom stereocenters. The van der Waals surface area contributed by atoms with E-state index in [1.54, 1.807) is 6.07 Å². The second-order valence-electron chi connectivity index (χ2n) is 6.40. The Morgan fingerprint density at radius 2 is 1.85 bits per heavy atom. The number of hydrogen-bond acceptors (Lipinski definition) is 5. The van der Waals surface area contributed by atoms with E-state index in [9.17, 15) is 9.59 Å². The number of aromatic nitrogens is 1. The zero-order valence-corrected chi connectivity index (χ0v) is 16.8. The number of carbonyl (C=O) groups is 2. The molecule has 0 aliphatic heterocycles. The molecule has 0 aliphatic rings. The van der Waals surface area contributed by atoms with Gasteiger partial charge in [-0.2, -0.15) is 0 Å². The molecule has 2 aromatic heterocycles. The summed E-state index contributed by atoms with van der Waals surface area (Å²) in [4.78, 5) is 29.2. The minimum absolute atomic E-state index is 0.0514. The zero-order valence-electron chi connectivity index (χ0n) is 15.2. The number of carbonyl (C=O) groups excluding carboxylic acids is 2. The van der Waals surface area contributed by atoms with E-state index in [1.807, 2.05) is 41.1 Å². The minimum Gasteiger partial charge on any atom is -0.326 e. The summed E-state index contributed by atoms with van der Waals surface area (Å²) in [6.45, 7) is 4.27. The van der Waals surface area contributed by atoms with Gasteiger partial charge in [-0.05, 0) is 41.5 Å². The summed E-state index contributed by atoms with van der Waals surface area (Å²) in [7, 11) is 0. The SMILES string of the molecule is CC(C)c1ccc(NC(=O)CCc2csc(NC(=O)c3cccs3)n2)cc1. The van der Waals surface area contributed by atoms with Crippen molar-refractivity contribution in [3.63, 3.8) is 0 Å². The van der Waals surface area contributed by atoms with Gasteiger partial charge in [0.15, 0.2) is 5.13 Å². The van der Waals surface area contributed by atoms with Crippen molar-refractivity contribution in [2.75, 3.05) is 10.6 Å². The molecular formula is C20H21N3O2S2. The maximum Gasteiger partial charge on any atom is 0.267 e. The van der Waals surface area contributed by atoms with Crippen LogP contribution in [0.1, 0.15) is 47.1 Å². The molecule has 0 aliphatic carbocycles. The standard InChI is InChI=1S/C20H21N3O2S2/c1-13(2)14-5-7-15(8-6-14)21-18(24)10-9-16-12-27-20(22-16)23-19(25)17-4-3-11-26-17/h3-8,11-13H,9-10H2,1-2H3,(H,21,24)(H,22,23,25). The quantitative estimate of drug-likeness (QED) is 0.577. The van der Waals surface area contributed by atoms with Crippen LogP contribution in [-0.2, 0) is 11.2 Å². The first-order valence-corrected chi connectivity index (χ1v) is 10.5. The highest BCUT2D eigenvalue weighted by Crippen LogP contribution is 2.20. The summed E-state index contributed by atoms with van der Waals surface area (Å²) in [6, 6.07) is 11.5. The molecule has 0 saturated carbocycles. The number of benzene rings is 1.